The second-order valence-corrected chi connectivity index (χ2v) is 5.07. The number of fused-ring (bicyclic) bond motifs is 1. The van der Waals surface area contributed by atoms with E-state index in [4.69, 9.17) is 5.11 Å². The predicted molar refractivity (Wildman–Crippen MR) is 80.6 cm³/mol. The van der Waals surface area contributed by atoms with Gasteiger partial charge in [0.05, 0.1) is 11.0 Å². The summed E-state index contributed by atoms with van der Waals surface area (Å²) >= 11 is 1.04. The maximum atomic E-state index is 11.3. The van der Waals surface area contributed by atoms with E-state index in [9.17, 15) is 9.59 Å². The average Bonchev–Trinajstić information content (AvgIpc) is 2.79. The number of thioether (sulfide) groups is 1. The van der Waals surface area contributed by atoms with Crippen molar-refractivity contribution in [2.24, 2.45) is 0 Å². The average molecular weight is 321 g/mol. The number of hydrogen-bond donors (Lipinski definition) is 3. The first-order chi connectivity index (χ1) is 9.10. The maximum absolute atomic E-state index is 11.3. The zero-order valence-electron chi connectivity index (χ0n) is 10.2. The summed E-state index contributed by atoms with van der Waals surface area (Å²) in [5, 5.41) is 11.2. The molecule has 2 rings (SSSR count). The number of nitrogens with one attached hydrogen (secondary N) is 2. The summed E-state index contributed by atoms with van der Waals surface area (Å²) in [5.74, 6) is -1.34. The quantitative estimate of drug-likeness (QED) is 0.545. The van der Waals surface area contributed by atoms with Crippen LogP contribution in [-0.2, 0) is 9.59 Å². The van der Waals surface area contributed by atoms with Gasteiger partial charge in [-0.1, -0.05) is 23.9 Å². The monoisotopic (exact) mass is 321 g/mol. The van der Waals surface area contributed by atoms with Crippen LogP contribution in [0.25, 0.3) is 11.0 Å². The minimum absolute atomic E-state index is 0. The Morgan fingerprint density at radius 1 is 1.45 bits per heavy atom. The molecule has 0 bridgehead atoms. The Labute approximate surface area is 149 Å². The van der Waals surface area contributed by atoms with Gasteiger partial charge in [-0.3, -0.25) is 9.59 Å². The number of H-pyrrole nitrogens is 1. The van der Waals surface area contributed by atoms with Crippen molar-refractivity contribution in [2.45, 2.75) is 16.8 Å². The fourth-order valence-corrected chi connectivity index (χ4v) is 2.49. The van der Waals surface area contributed by atoms with E-state index in [1.807, 2.05) is 24.3 Å². The van der Waals surface area contributed by atoms with Crippen LogP contribution in [0.5, 0.6) is 0 Å². The van der Waals surface area contributed by atoms with Gasteiger partial charge in [-0.05, 0) is 12.1 Å². The standard InChI is InChI=1S/C12H13N3O3S.Ca.2H/c1-13-10(16)6-9(11(17)18)19-12-14-7-4-2-3-5-8(7)15-12;;;/h2-5,9H,6H2,1H3,(H,13,16)(H,14,15)(H,17,18);;;. The number of carboxylic acid groups (broad SMARTS) is 1. The van der Waals surface area contributed by atoms with Gasteiger partial charge in [-0.25, -0.2) is 4.98 Å². The molecule has 0 aliphatic rings. The Morgan fingerprint density at radius 2 is 2.15 bits per heavy atom. The zero-order valence-corrected chi connectivity index (χ0v) is 11.0. The molecule has 0 radical (unpaired) electrons. The molecule has 0 fully saturated rings. The fraction of sp³-hybridized carbons (Fsp3) is 0.250. The van der Waals surface area contributed by atoms with E-state index in [0.717, 1.165) is 22.8 Å². The summed E-state index contributed by atoms with van der Waals surface area (Å²) in [5.41, 5.74) is 1.61. The van der Waals surface area contributed by atoms with Gasteiger partial charge in [0, 0.05) is 13.5 Å². The SMILES string of the molecule is CNC(=O)CC(Sc1nc2ccccc2[nH]1)C(=O)O.[CaH2]. The number of carbonyl (C=O) groups excluding carboxylic acids is 1. The molecule has 0 spiro atoms. The molecule has 1 aromatic carbocycles. The number of para-hydroxylation sites is 2. The van der Waals surface area contributed by atoms with E-state index >= 15 is 0 Å². The second-order valence-electron chi connectivity index (χ2n) is 3.88. The molecule has 1 unspecified atom stereocenters. The van der Waals surface area contributed by atoms with Gasteiger partial charge in [0.1, 0.15) is 5.25 Å². The van der Waals surface area contributed by atoms with Crippen molar-refractivity contribution in [1.29, 1.82) is 0 Å². The molecule has 0 saturated carbocycles. The van der Waals surface area contributed by atoms with Gasteiger partial charge in [0.25, 0.3) is 0 Å². The van der Waals surface area contributed by atoms with E-state index in [-0.39, 0.29) is 50.1 Å². The molecule has 104 valence electrons. The van der Waals surface area contributed by atoms with Crippen LogP contribution in [0.2, 0.25) is 0 Å². The van der Waals surface area contributed by atoms with Gasteiger partial charge in [-0.2, -0.15) is 0 Å². The second kappa shape index (κ2) is 7.87. The van der Waals surface area contributed by atoms with Crippen LogP contribution in [0.4, 0.5) is 0 Å². The molecule has 6 nitrogen and oxygen atoms in total. The third kappa shape index (κ3) is 4.37. The van der Waals surface area contributed by atoms with Crippen molar-refractivity contribution in [3.63, 3.8) is 0 Å². The number of nitrogens with zero attached hydrogens (tertiary/aromatic N) is 1. The van der Waals surface area contributed by atoms with E-state index in [1.54, 1.807) is 0 Å². The van der Waals surface area contributed by atoms with Crippen molar-refractivity contribution < 1.29 is 14.7 Å². The third-order valence-electron chi connectivity index (χ3n) is 2.55. The van der Waals surface area contributed by atoms with E-state index in [1.165, 1.54) is 7.05 Å². The first-order valence-electron chi connectivity index (χ1n) is 5.65. The summed E-state index contributed by atoms with van der Waals surface area (Å²) in [7, 11) is 1.48. The normalized spacial score (nSPS) is 11.7. The topological polar surface area (TPSA) is 95.1 Å². The fourth-order valence-electron chi connectivity index (χ4n) is 1.57. The summed E-state index contributed by atoms with van der Waals surface area (Å²) < 4.78 is 0. The van der Waals surface area contributed by atoms with Gasteiger partial charge < -0.3 is 15.4 Å². The molecule has 1 aromatic heterocycles. The van der Waals surface area contributed by atoms with Gasteiger partial charge in [-0.15, -0.1) is 0 Å². The molecule has 3 N–H and O–H groups in total. The molecule has 0 aliphatic heterocycles. The van der Waals surface area contributed by atoms with Crippen LogP contribution >= 0.6 is 11.8 Å². The minimum atomic E-state index is -1.03. The summed E-state index contributed by atoms with van der Waals surface area (Å²) in [6.45, 7) is 0. The van der Waals surface area contributed by atoms with Gasteiger partial charge in [0.15, 0.2) is 5.16 Å². The Bertz CT molecular complexity index is 584. The molecule has 0 saturated heterocycles. The Morgan fingerprint density at radius 3 is 2.75 bits per heavy atom. The van der Waals surface area contributed by atoms with Crippen molar-refractivity contribution in [3.05, 3.63) is 24.3 Å². The van der Waals surface area contributed by atoms with Crippen molar-refractivity contribution in [2.75, 3.05) is 7.05 Å². The van der Waals surface area contributed by atoms with Crippen LogP contribution in [0, 0.1) is 0 Å². The van der Waals surface area contributed by atoms with E-state index < -0.39 is 11.2 Å². The number of amides is 1. The first-order valence-corrected chi connectivity index (χ1v) is 6.53. The van der Waals surface area contributed by atoms with Crippen LogP contribution in [0.15, 0.2) is 29.4 Å². The Kier molecular flexibility index (Phi) is 6.81. The number of hydrogen-bond acceptors (Lipinski definition) is 4. The van der Waals surface area contributed by atoms with Crippen LogP contribution in [0.3, 0.4) is 0 Å². The molecule has 2 aromatic rings. The molecule has 1 amide bonds. The summed E-state index contributed by atoms with van der Waals surface area (Å²) in [6.07, 6.45) is -0.0897. The van der Waals surface area contributed by atoms with Gasteiger partial charge >= 0.3 is 43.7 Å². The first kappa shape index (κ1) is 17.3. The predicted octanol–water partition coefficient (Wildman–Crippen LogP) is 0.328. The van der Waals surface area contributed by atoms with E-state index in [2.05, 4.69) is 15.3 Å². The van der Waals surface area contributed by atoms with Gasteiger partial charge in [0.2, 0.25) is 5.91 Å². The Balaban J connectivity index is 0.00000200. The third-order valence-corrected chi connectivity index (χ3v) is 3.62. The summed E-state index contributed by atoms with van der Waals surface area (Å²) in [4.78, 5) is 29.7. The van der Waals surface area contributed by atoms with Crippen molar-refractivity contribution >= 4 is 72.4 Å². The van der Waals surface area contributed by atoms with E-state index in [0.29, 0.717) is 5.16 Å². The molecular formula is C12H15CaN3O3S. The molecule has 8 heteroatoms. The van der Waals surface area contributed by atoms with Crippen LogP contribution < -0.4 is 5.32 Å². The molecular weight excluding hydrogens is 306 g/mol. The number of aliphatic carboxylic acids is 1. The number of aromatic amines is 1. The molecule has 20 heavy (non-hydrogen) atoms. The Hall–Kier alpha value is -0.760. The number of benzene rings is 1. The summed E-state index contributed by atoms with van der Waals surface area (Å²) in [6, 6.07) is 7.43. The van der Waals surface area contributed by atoms with Crippen LogP contribution in [-0.4, -0.2) is 77.0 Å². The number of imidazole rings is 1. The number of carbonyl (C=O) groups is 2. The number of aromatic nitrogens is 2. The molecule has 0 aliphatic carbocycles. The number of rotatable bonds is 5. The van der Waals surface area contributed by atoms with Crippen molar-refractivity contribution in [3.8, 4) is 0 Å². The molecule has 1 heterocycles. The zero-order chi connectivity index (χ0) is 13.8. The van der Waals surface area contributed by atoms with Crippen LogP contribution in [0.1, 0.15) is 6.42 Å². The van der Waals surface area contributed by atoms with Crippen molar-refractivity contribution in [1.82, 2.24) is 15.3 Å². The molecule has 1 atom stereocenters. The number of carboxylic acids is 1.